The second kappa shape index (κ2) is 17.1. The van der Waals surface area contributed by atoms with Gasteiger partial charge in [-0.3, -0.25) is 0 Å². The Kier molecular flexibility index (Phi) is 13.4. The second-order valence-corrected chi connectivity index (χ2v) is 10.8. The summed E-state index contributed by atoms with van der Waals surface area (Å²) < 4.78 is 11.4. The van der Waals surface area contributed by atoms with Crippen molar-refractivity contribution in [2.75, 3.05) is 6.61 Å². The van der Waals surface area contributed by atoms with E-state index in [1.807, 2.05) is 30.3 Å². The molecule has 0 amide bonds. The topological polar surface area (TPSA) is 35.5 Å². The molecule has 0 aromatic heterocycles. The highest BCUT2D eigenvalue weighted by Gasteiger charge is 2.20. The summed E-state index contributed by atoms with van der Waals surface area (Å²) in [6.45, 7) is 6.74. The normalized spacial score (nSPS) is 17.3. The second-order valence-electron chi connectivity index (χ2n) is 10.8. The van der Waals surface area contributed by atoms with Crippen molar-refractivity contribution in [2.45, 2.75) is 103 Å². The van der Waals surface area contributed by atoms with Crippen LogP contribution in [0.15, 0.2) is 61.2 Å². The predicted octanol–water partition coefficient (Wildman–Crippen LogP) is 9.74. The molecular formula is C34H48O3. The average molecular weight is 505 g/mol. The van der Waals surface area contributed by atoms with Crippen molar-refractivity contribution in [3.05, 3.63) is 72.3 Å². The third kappa shape index (κ3) is 11.2. The van der Waals surface area contributed by atoms with Crippen molar-refractivity contribution < 1.29 is 14.3 Å². The van der Waals surface area contributed by atoms with E-state index < -0.39 is 0 Å². The van der Waals surface area contributed by atoms with E-state index in [2.05, 4.69) is 25.6 Å². The zero-order valence-electron chi connectivity index (χ0n) is 23.1. The molecule has 2 aromatic rings. The molecule has 1 aliphatic rings. The summed E-state index contributed by atoms with van der Waals surface area (Å²) in [6, 6.07) is 15.3. The monoisotopic (exact) mass is 504 g/mol. The van der Waals surface area contributed by atoms with E-state index in [1.165, 1.54) is 76.2 Å². The quantitative estimate of drug-likeness (QED) is 0.0930. The summed E-state index contributed by atoms with van der Waals surface area (Å²) in [5.74, 6) is 2.89. The Morgan fingerprint density at radius 1 is 0.811 bits per heavy atom. The first-order valence-corrected chi connectivity index (χ1v) is 14.8. The van der Waals surface area contributed by atoms with Crippen LogP contribution in [0.1, 0.15) is 113 Å². The minimum absolute atomic E-state index is 0.336. The summed E-state index contributed by atoms with van der Waals surface area (Å²) in [5, 5.41) is 0. The highest BCUT2D eigenvalue weighted by atomic mass is 16.5. The zero-order chi connectivity index (χ0) is 26.1. The lowest BCUT2D eigenvalue weighted by atomic mass is 9.78. The molecule has 0 saturated heterocycles. The first kappa shape index (κ1) is 29.0. The Morgan fingerprint density at radius 3 is 2.14 bits per heavy atom. The highest BCUT2D eigenvalue weighted by Crippen LogP contribution is 2.34. The van der Waals surface area contributed by atoms with Crippen LogP contribution in [0.5, 0.6) is 11.5 Å². The third-order valence-corrected chi connectivity index (χ3v) is 7.82. The predicted molar refractivity (Wildman–Crippen MR) is 155 cm³/mol. The van der Waals surface area contributed by atoms with E-state index in [-0.39, 0.29) is 5.97 Å². The molecule has 0 unspecified atom stereocenters. The van der Waals surface area contributed by atoms with E-state index in [9.17, 15) is 4.79 Å². The Bertz CT molecular complexity index is 892. The zero-order valence-corrected chi connectivity index (χ0v) is 23.1. The molecule has 1 saturated carbocycles. The van der Waals surface area contributed by atoms with Crippen LogP contribution >= 0.6 is 0 Å². The summed E-state index contributed by atoms with van der Waals surface area (Å²) in [6.07, 6.45) is 21.3. The van der Waals surface area contributed by atoms with Crippen LogP contribution in [-0.2, 0) is 6.42 Å². The Balaban J connectivity index is 1.33. The molecule has 0 heterocycles. The first-order chi connectivity index (χ1) is 18.2. The van der Waals surface area contributed by atoms with Crippen molar-refractivity contribution >= 4 is 5.97 Å². The van der Waals surface area contributed by atoms with Crippen LogP contribution in [0.4, 0.5) is 0 Å². The SMILES string of the molecule is C=CCCCCCCOc1ccc(C(=O)Oc2ccc(CC[C@H]3CC[C@H](CCCCC)CC3)cc2)cc1. The van der Waals surface area contributed by atoms with Gasteiger partial charge in [0, 0.05) is 0 Å². The van der Waals surface area contributed by atoms with Gasteiger partial charge in [0.05, 0.1) is 12.2 Å². The average Bonchev–Trinajstić information content (AvgIpc) is 2.93. The molecule has 2 aromatic carbocycles. The maximum atomic E-state index is 12.6. The van der Waals surface area contributed by atoms with E-state index in [1.54, 1.807) is 12.1 Å². The van der Waals surface area contributed by atoms with Crippen LogP contribution in [0.25, 0.3) is 0 Å². The highest BCUT2D eigenvalue weighted by molar-refractivity contribution is 5.91. The first-order valence-electron chi connectivity index (χ1n) is 14.8. The number of ether oxygens (including phenoxy) is 2. The fourth-order valence-electron chi connectivity index (χ4n) is 5.37. The summed E-state index contributed by atoms with van der Waals surface area (Å²) in [7, 11) is 0. The molecule has 0 radical (unpaired) electrons. The number of benzene rings is 2. The van der Waals surface area contributed by atoms with Gasteiger partial charge in [0.1, 0.15) is 11.5 Å². The van der Waals surface area contributed by atoms with Gasteiger partial charge >= 0.3 is 5.97 Å². The maximum absolute atomic E-state index is 12.6. The smallest absolute Gasteiger partial charge is 0.343 e. The molecule has 0 N–H and O–H groups in total. The fraction of sp³-hybridized carbons (Fsp3) is 0.559. The largest absolute Gasteiger partial charge is 0.494 e. The molecule has 0 bridgehead atoms. The minimum atomic E-state index is -0.336. The van der Waals surface area contributed by atoms with Gasteiger partial charge < -0.3 is 9.47 Å². The van der Waals surface area contributed by atoms with Crippen molar-refractivity contribution in [2.24, 2.45) is 11.8 Å². The molecule has 202 valence electrons. The van der Waals surface area contributed by atoms with Gasteiger partial charge in [0.15, 0.2) is 0 Å². The number of hydrogen-bond donors (Lipinski definition) is 0. The standard InChI is InChI=1S/C34H48O3/c1-3-5-7-8-9-11-27-36-32-25-21-31(22-26-32)34(35)37-33-23-19-30(20-24-33)18-17-29-15-13-28(14-16-29)12-10-6-4-2/h3,19-26,28-29H,1,4-18,27H2,2H3/t28-,29-. The van der Waals surface area contributed by atoms with Crippen LogP contribution in [0, 0.1) is 11.8 Å². The van der Waals surface area contributed by atoms with Gasteiger partial charge in [0.2, 0.25) is 0 Å². The van der Waals surface area contributed by atoms with Gasteiger partial charge in [-0.25, -0.2) is 4.79 Å². The molecular weight excluding hydrogens is 456 g/mol. The van der Waals surface area contributed by atoms with Crippen LogP contribution in [0.3, 0.4) is 0 Å². The Hall–Kier alpha value is -2.55. The van der Waals surface area contributed by atoms with Crippen LogP contribution < -0.4 is 9.47 Å². The number of aryl methyl sites for hydroxylation is 1. The molecule has 0 aliphatic heterocycles. The summed E-state index contributed by atoms with van der Waals surface area (Å²) in [5.41, 5.74) is 1.86. The van der Waals surface area contributed by atoms with E-state index >= 15 is 0 Å². The van der Waals surface area contributed by atoms with Crippen molar-refractivity contribution in [3.63, 3.8) is 0 Å². The fourth-order valence-corrected chi connectivity index (χ4v) is 5.37. The molecule has 3 heteroatoms. The number of allylic oxidation sites excluding steroid dienone is 1. The van der Waals surface area contributed by atoms with E-state index in [0.29, 0.717) is 17.9 Å². The lowest BCUT2D eigenvalue weighted by molar-refractivity contribution is 0.0734. The molecule has 3 nitrogen and oxygen atoms in total. The number of esters is 1. The van der Waals surface area contributed by atoms with Crippen LogP contribution in [0.2, 0.25) is 0 Å². The van der Waals surface area contributed by atoms with Crippen molar-refractivity contribution in [3.8, 4) is 11.5 Å². The Morgan fingerprint density at radius 2 is 1.46 bits per heavy atom. The minimum Gasteiger partial charge on any atom is -0.494 e. The van der Waals surface area contributed by atoms with Gasteiger partial charge in [-0.05, 0) is 85.9 Å². The lowest BCUT2D eigenvalue weighted by Gasteiger charge is -2.28. The van der Waals surface area contributed by atoms with Gasteiger partial charge in [-0.1, -0.05) is 89.3 Å². The molecule has 0 spiro atoms. The number of hydrogen-bond acceptors (Lipinski definition) is 3. The molecule has 37 heavy (non-hydrogen) atoms. The van der Waals surface area contributed by atoms with Crippen molar-refractivity contribution in [1.82, 2.24) is 0 Å². The van der Waals surface area contributed by atoms with Crippen LogP contribution in [-0.4, -0.2) is 12.6 Å². The number of rotatable bonds is 17. The van der Waals surface area contributed by atoms with E-state index in [0.717, 1.165) is 43.3 Å². The molecule has 1 fully saturated rings. The number of carbonyl (C=O) groups is 1. The number of carbonyl (C=O) groups excluding carboxylic acids is 1. The number of unbranched alkanes of at least 4 members (excludes halogenated alkanes) is 6. The summed E-state index contributed by atoms with van der Waals surface area (Å²) >= 11 is 0. The maximum Gasteiger partial charge on any atom is 0.343 e. The van der Waals surface area contributed by atoms with Gasteiger partial charge in [0.25, 0.3) is 0 Å². The molecule has 1 aliphatic carbocycles. The molecule has 0 atom stereocenters. The summed E-state index contributed by atoms with van der Waals surface area (Å²) in [4.78, 5) is 12.6. The van der Waals surface area contributed by atoms with Crippen molar-refractivity contribution in [1.29, 1.82) is 0 Å². The van der Waals surface area contributed by atoms with E-state index in [4.69, 9.17) is 9.47 Å². The third-order valence-electron chi connectivity index (χ3n) is 7.82. The molecule has 3 rings (SSSR count). The van der Waals surface area contributed by atoms with Gasteiger partial charge in [-0.2, -0.15) is 0 Å². The Labute approximate surface area is 225 Å². The lowest BCUT2D eigenvalue weighted by Crippen LogP contribution is -2.15. The van der Waals surface area contributed by atoms with Gasteiger partial charge in [-0.15, -0.1) is 6.58 Å².